The van der Waals surface area contributed by atoms with Gasteiger partial charge in [-0.3, -0.25) is 14.2 Å². The molecule has 0 aliphatic heterocycles. The van der Waals surface area contributed by atoms with Gasteiger partial charge in [0.25, 0.3) is 5.56 Å². The third-order valence-electron chi connectivity index (χ3n) is 3.82. The lowest BCUT2D eigenvalue weighted by atomic mass is 10.1. The third-order valence-corrected chi connectivity index (χ3v) is 4.96. The fourth-order valence-corrected chi connectivity index (χ4v) is 3.13. The molecule has 1 heterocycles. The highest BCUT2D eigenvalue weighted by Crippen LogP contribution is 2.21. The summed E-state index contributed by atoms with van der Waals surface area (Å²) in [6.45, 7) is 5.73. The van der Waals surface area contributed by atoms with Crippen molar-refractivity contribution in [2.24, 2.45) is 7.05 Å². The van der Waals surface area contributed by atoms with Gasteiger partial charge in [-0.2, -0.15) is 0 Å². The molecule has 6 heteroatoms. The zero-order valence-corrected chi connectivity index (χ0v) is 15.3. The standard InChI is InChI=1S/C18H23N3O2S/c1-5-15-11-16(22)21(4)18(20-15)24-13(3)17(23)19-12(2)14-9-7-6-8-10-14/h6-13H,5H2,1-4H3,(H,19,23). The van der Waals surface area contributed by atoms with Crippen molar-refractivity contribution < 1.29 is 4.79 Å². The van der Waals surface area contributed by atoms with Gasteiger partial charge in [0.05, 0.1) is 11.3 Å². The minimum absolute atomic E-state index is 0.0690. The van der Waals surface area contributed by atoms with Crippen LogP contribution < -0.4 is 10.9 Å². The van der Waals surface area contributed by atoms with Gasteiger partial charge in [-0.25, -0.2) is 4.98 Å². The lowest BCUT2D eigenvalue weighted by Crippen LogP contribution is -2.33. The van der Waals surface area contributed by atoms with E-state index in [0.29, 0.717) is 11.6 Å². The number of amides is 1. The van der Waals surface area contributed by atoms with Gasteiger partial charge in [0.15, 0.2) is 5.16 Å². The molecular weight excluding hydrogens is 322 g/mol. The number of hydrogen-bond donors (Lipinski definition) is 1. The maximum atomic E-state index is 12.4. The number of rotatable bonds is 6. The van der Waals surface area contributed by atoms with Gasteiger partial charge < -0.3 is 5.32 Å². The number of benzene rings is 1. The summed E-state index contributed by atoms with van der Waals surface area (Å²) in [5, 5.41) is 3.22. The minimum Gasteiger partial charge on any atom is -0.349 e. The molecule has 0 aliphatic carbocycles. The van der Waals surface area contributed by atoms with Gasteiger partial charge in [-0.1, -0.05) is 49.0 Å². The van der Waals surface area contributed by atoms with Crippen LogP contribution in [0.1, 0.15) is 38.1 Å². The first kappa shape index (κ1) is 18.3. The molecule has 0 spiro atoms. The Morgan fingerprint density at radius 1 is 1.29 bits per heavy atom. The summed E-state index contributed by atoms with van der Waals surface area (Å²) in [4.78, 5) is 28.8. The molecule has 0 radical (unpaired) electrons. The van der Waals surface area contributed by atoms with Crippen LogP contribution >= 0.6 is 11.8 Å². The summed E-state index contributed by atoms with van der Waals surface area (Å²) in [5.41, 5.74) is 1.70. The quantitative estimate of drug-likeness (QED) is 0.646. The van der Waals surface area contributed by atoms with Crippen LogP contribution in [0.15, 0.2) is 46.3 Å². The molecule has 0 saturated heterocycles. The molecule has 1 amide bonds. The molecule has 0 aliphatic rings. The van der Waals surface area contributed by atoms with Gasteiger partial charge in [0.1, 0.15) is 0 Å². The molecule has 0 fully saturated rings. The summed E-state index contributed by atoms with van der Waals surface area (Å²) in [6.07, 6.45) is 0.690. The lowest BCUT2D eigenvalue weighted by Gasteiger charge is -2.18. The largest absolute Gasteiger partial charge is 0.349 e. The predicted octanol–water partition coefficient (Wildman–Crippen LogP) is 2.70. The summed E-state index contributed by atoms with van der Waals surface area (Å²) < 4.78 is 1.48. The Balaban J connectivity index is 2.07. The maximum Gasteiger partial charge on any atom is 0.254 e. The highest BCUT2D eigenvalue weighted by atomic mass is 32.2. The number of nitrogens with zero attached hydrogens (tertiary/aromatic N) is 2. The Bertz CT molecular complexity index is 759. The van der Waals surface area contributed by atoms with Crippen molar-refractivity contribution >= 4 is 17.7 Å². The van der Waals surface area contributed by atoms with Gasteiger partial charge >= 0.3 is 0 Å². The van der Waals surface area contributed by atoms with E-state index in [4.69, 9.17) is 0 Å². The number of carbonyl (C=O) groups excluding carboxylic acids is 1. The van der Waals surface area contributed by atoms with E-state index >= 15 is 0 Å². The normalized spacial score (nSPS) is 13.3. The molecule has 0 bridgehead atoms. The maximum absolute atomic E-state index is 12.4. The predicted molar refractivity (Wildman–Crippen MR) is 97.2 cm³/mol. The second-order valence-electron chi connectivity index (χ2n) is 5.68. The fraction of sp³-hybridized carbons (Fsp3) is 0.389. The third kappa shape index (κ3) is 4.47. The van der Waals surface area contributed by atoms with Crippen LogP contribution in [0.4, 0.5) is 0 Å². The summed E-state index contributed by atoms with van der Waals surface area (Å²) in [7, 11) is 1.67. The zero-order valence-electron chi connectivity index (χ0n) is 14.4. The average molecular weight is 345 g/mol. The molecule has 2 unspecified atom stereocenters. The van der Waals surface area contributed by atoms with E-state index in [1.807, 2.05) is 51.1 Å². The van der Waals surface area contributed by atoms with Crippen molar-refractivity contribution in [3.63, 3.8) is 0 Å². The Morgan fingerprint density at radius 2 is 1.96 bits per heavy atom. The van der Waals surface area contributed by atoms with Crippen molar-refractivity contribution in [2.75, 3.05) is 0 Å². The molecule has 128 valence electrons. The summed E-state index contributed by atoms with van der Waals surface area (Å²) in [5.74, 6) is -0.0764. The van der Waals surface area contributed by atoms with E-state index in [0.717, 1.165) is 11.3 Å². The SMILES string of the molecule is CCc1cc(=O)n(C)c(SC(C)C(=O)NC(C)c2ccccc2)n1. The van der Waals surface area contributed by atoms with Gasteiger partial charge in [0.2, 0.25) is 5.91 Å². The minimum atomic E-state index is -0.346. The van der Waals surface area contributed by atoms with E-state index in [1.165, 1.54) is 22.4 Å². The Hall–Kier alpha value is -2.08. The van der Waals surface area contributed by atoms with Gasteiger partial charge in [0, 0.05) is 18.8 Å². The summed E-state index contributed by atoms with van der Waals surface area (Å²) in [6, 6.07) is 11.3. The van der Waals surface area contributed by atoms with Crippen LogP contribution in [0.2, 0.25) is 0 Å². The molecule has 1 aromatic carbocycles. The zero-order chi connectivity index (χ0) is 17.7. The summed E-state index contributed by atoms with van der Waals surface area (Å²) >= 11 is 1.30. The Morgan fingerprint density at radius 3 is 2.58 bits per heavy atom. The molecule has 0 saturated carbocycles. The van der Waals surface area contributed by atoms with Crippen LogP contribution in [0.3, 0.4) is 0 Å². The van der Waals surface area contributed by atoms with Crippen LogP contribution in [-0.2, 0) is 18.3 Å². The van der Waals surface area contributed by atoms with E-state index < -0.39 is 0 Å². The average Bonchev–Trinajstić information content (AvgIpc) is 2.59. The molecular formula is C18H23N3O2S. The number of thioether (sulfide) groups is 1. The van der Waals surface area contributed by atoms with Crippen LogP contribution in [0, 0.1) is 0 Å². The smallest absolute Gasteiger partial charge is 0.254 e. The van der Waals surface area contributed by atoms with Crippen molar-refractivity contribution in [3.8, 4) is 0 Å². The first-order chi connectivity index (χ1) is 11.4. The second kappa shape index (κ2) is 8.15. The van der Waals surface area contributed by atoms with Gasteiger partial charge in [-0.05, 0) is 25.8 Å². The molecule has 5 nitrogen and oxygen atoms in total. The van der Waals surface area contributed by atoms with Crippen molar-refractivity contribution in [3.05, 3.63) is 58.0 Å². The van der Waals surface area contributed by atoms with E-state index in [2.05, 4.69) is 10.3 Å². The number of carbonyl (C=O) groups is 1. The highest BCUT2D eigenvalue weighted by molar-refractivity contribution is 8.00. The number of hydrogen-bond acceptors (Lipinski definition) is 4. The number of nitrogens with one attached hydrogen (secondary N) is 1. The Labute approximate surface area is 146 Å². The van der Waals surface area contributed by atoms with E-state index in [-0.39, 0.29) is 22.8 Å². The number of aryl methyl sites for hydroxylation is 1. The lowest BCUT2D eigenvalue weighted by molar-refractivity contribution is -0.120. The van der Waals surface area contributed by atoms with E-state index in [1.54, 1.807) is 7.05 Å². The number of aromatic nitrogens is 2. The van der Waals surface area contributed by atoms with E-state index in [9.17, 15) is 9.59 Å². The van der Waals surface area contributed by atoms with Crippen LogP contribution in [-0.4, -0.2) is 20.7 Å². The molecule has 1 aromatic heterocycles. The van der Waals surface area contributed by atoms with Crippen molar-refractivity contribution in [1.82, 2.24) is 14.9 Å². The van der Waals surface area contributed by atoms with Crippen molar-refractivity contribution in [1.29, 1.82) is 0 Å². The second-order valence-corrected chi connectivity index (χ2v) is 6.99. The first-order valence-electron chi connectivity index (χ1n) is 8.01. The highest BCUT2D eigenvalue weighted by Gasteiger charge is 2.19. The van der Waals surface area contributed by atoms with Gasteiger partial charge in [-0.15, -0.1) is 0 Å². The topological polar surface area (TPSA) is 64.0 Å². The molecule has 2 atom stereocenters. The molecule has 2 aromatic rings. The molecule has 24 heavy (non-hydrogen) atoms. The van der Waals surface area contributed by atoms with Crippen molar-refractivity contribution in [2.45, 2.75) is 43.6 Å². The Kier molecular flexibility index (Phi) is 6.20. The van der Waals surface area contributed by atoms with Crippen LogP contribution in [0.25, 0.3) is 0 Å². The monoisotopic (exact) mass is 345 g/mol. The first-order valence-corrected chi connectivity index (χ1v) is 8.89. The molecule has 1 N–H and O–H groups in total. The fourth-order valence-electron chi connectivity index (χ4n) is 2.22. The molecule has 2 rings (SSSR count). The van der Waals surface area contributed by atoms with Crippen LogP contribution in [0.5, 0.6) is 0 Å².